The fourth-order valence-corrected chi connectivity index (χ4v) is 1.17. The highest BCUT2D eigenvalue weighted by atomic mass is 16.5. The van der Waals surface area contributed by atoms with Crippen molar-refractivity contribution < 1.29 is 9.53 Å². The molecule has 2 aromatic heterocycles. The van der Waals surface area contributed by atoms with Crippen molar-refractivity contribution >= 4 is 11.5 Å². The quantitative estimate of drug-likeness (QED) is 0.658. The topological polar surface area (TPSA) is 56.5 Å². The molecule has 2 heterocycles. The molecule has 0 saturated heterocycles. The Morgan fingerprint density at radius 2 is 2.50 bits per heavy atom. The summed E-state index contributed by atoms with van der Waals surface area (Å²) in [4.78, 5) is 18.7. The third-order valence-electron chi connectivity index (χ3n) is 1.83. The molecule has 0 aliphatic rings. The van der Waals surface area contributed by atoms with Gasteiger partial charge in [-0.2, -0.15) is 0 Å². The second-order valence-corrected chi connectivity index (χ2v) is 2.84. The number of nitrogens with zero attached hydrogens (tertiary/aromatic N) is 3. The highest BCUT2D eigenvalue weighted by molar-refractivity contribution is 5.66. The fraction of sp³-hybridized carbons (Fsp3) is 0.222. The molecule has 0 aromatic carbocycles. The number of fused-ring (bicyclic) bond motifs is 1. The van der Waals surface area contributed by atoms with E-state index in [0.717, 1.165) is 5.52 Å². The van der Waals surface area contributed by atoms with Gasteiger partial charge in [-0.15, -0.1) is 0 Å². The molecule has 2 rings (SSSR count). The molecule has 0 N–H and O–H groups in total. The molecule has 0 radical (unpaired) electrons. The molecule has 0 saturated carbocycles. The van der Waals surface area contributed by atoms with Crippen LogP contribution in [0.25, 0.3) is 5.52 Å². The summed E-state index contributed by atoms with van der Waals surface area (Å²) >= 11 is 0. The van der Waals surface area contributed by atoms with Gasteiger partial charge in [0, 0.05) is 19.3 Å². The number of aromatic nitrogens is 3. The molecule has 5 nitrogen and oxygen atoms in total. The van der Waals surface area contributed by atoms with E-state index in [1.54, 1.807) is 24.9 Å². The Hall–Kier alpha value is -1.91. The first-order valence-electron chi connectivity index (χ1n) is 4.16. The zero-order valence-corrected chi connectivity index (χ0v) is 7.67. The summed E-state index contributed by atoms with van der Waals surface area (Å²) in [5, 5.41) is 0. The minimum absolute atomic E-state index is 0.192. The van der Waals surface area contributed by atoms with E-state index in [0.29, 0.717) is 5.69 Å². The van der Waals surface area contributed by atoms with Crippen LogP contribution >= 0.6 is 0 Å². The van der Waals surface area contributed by atoms with Gasteiger partial charge in [-0.05, 0) is 0 Å². The average molecular weight is 191 g/mol. The number of rotatable bonds is 2. The molecule has 0 aliphatic heterocycles. The van der Waals surface area contributed by atoms with Crippen molar-refractivity contribution in [3.05, 3.63) is 30.6 Å². The molecule has 0 fully saturated rings. The van der Waals surface area contributed by atoms with Crippen LogP contribution in [0.1, 0.15) is 12.6 Å². The highest BCUT2D eigenvalue weighted by Gasteiger charge is 2.04. The van der Waals surface area contributed by atoms with Crippen LogP contribution < -0.4 is 0 Å². The fourth-order valence-electron chi connectivity index (χ4n) is 1.17. The van der Waals surface area contributed by atoms with Crippen LogP contribution in [0.5, 0.6) is 0 Å². The number of ether oxygens (including phenoxy) is 1. The van der Waals surface area contributed by atoms with Crippen molar-refractivity contribution in [2.75, 3.05) is 0 Å². The Bertz CT molecular complexity index is 464. The first-order chi connectivity index (χ1) is 6.77. The first-order valence-corrected chi connectivity index (χ1v) is 4.16. The molecule has 0 atom stereocenters. The van der Waals surface area contributed by atoms with Gasteiger partial charge < -0.3 is 9.14 Å². The minimum atomic E-state index is -0.310. The molecule has 0 bridgehead atoms. The molecule has 0 aliphatic carbocycles. The normalized spacial score (nSPS) is 10.4. The Morgan fingerprint density at radius 3 is 3.29 bits per heavy atom. The summed E-state index contributed by atoms with van der Waals surface area (Å²) in [6.07, 6.45) is 6.81. The Morgan fingerprint density at radius 1 is 1.64 bits per heavy atom. The molecular weight excluding hydrogens is 182 g/mol. The highest BCUT2D eigenvalue weighted by Crippen LogP contribution is 2.08. The van der Waals surface area contributed by atoms with Crippen LogP contribution in [0, 0.1) is 0 Å². The average Bonchev–Trinajstić information content (AvgIpc) is 2.58. The number of carbonyl (C=O) groups excluding carboxylic acids is 1. The van der Waals surface area contributed by atoms with Crippen LogP contribution in [0.2, 0.25) is 0 Å². The second kappa shape index (κ2) is 3.45. The standard InChI is InChI=1S/C9H9N3O2/c1-7(13)14-5-8-9-4-10-2-3-12(9)6-11-8/h2-4,6H,5H2,1H3. The van der Waals surface area contributed by atoms with Crippen LogP contribution in [0.4, 0.5) is 0 Å². The van der Waals surface area contributed by atoms with Crippen LogP contribution in [-0.2, 0) is 16.1 Å². The number of hydrogen-bond donors (Lipinski definition) is 0. The van der Waals surface area contributed by atoms with Crippen molar-refractivity contribution in [3.8, 4) is 0 Å². The molecular formula is C9H9N3O2. The Kier molecular flexibility index (Phi) is 2.14. The first kappa shape index (κ1) is 8.68. The third-order valence-corrected chi connectivity index (χ3v) is 1.83. The number of hydrogen-bond acceptors (Lipinski definition) is 4. The predicted octanol–water partition coefficient (Wildman–Crippen LogP) is 0.792. The molecule has 0 unspecified atom stereocenters. The molecule has 0 spiro atoms. The lowest BCUT2D eigenvalue weighted by Crippen LogP contribution is -1.99. The van der Waals surface area contributed by atoms with E-state index in [9.17, 15) is 4.79 Å². The smallest absolute Gasteiger partial charge is 0.303 e. The van der Waals surface area contributed by atoms with Crippen LogP contribution in [0.15, 0.2) is 24.9 Å². The molecule has 5 heteroatoms. The molecule has 2 aromatic rings. The van der Waals surface area contributed by atoms with Crippen molar-refractivity contribution in [3.63, 3.8) is 0 Å². The molecule has 0 amide bonds. The largest absolute Gasteiger partial charge is 0.459 e. The van der Waals surface area contributed by atoms with Crippen LogP contribution in [0.3, 0.4) is 0 Å². The summed E-state index contributed by atoms with van der Waals surface area (Å²) in [5.41, 5.74) is 1.57. The van der Waals surface area contributed by atoms with Gasteiger partial charge in [0.15, 0.2) is 0 Å². The second-order valence-electron chi connectivity index (χ2n) is 2.84. The van der Waals surface area contributed by atoms with Crippen molar-refractivity contribution in [1.29, 1.82) is 0 Å². The molecule has 14 heavy (non-hydrogen) atoms. The zero-order valence-electron chi connectivity index (χ0n) is 7.67. The summed E-state index contributed by atoms with van der Waals surface area (Å²) < 4.78 is 6.68. The van der Waals surface area contributed by atoms with Gasteiger partial charge in [-0.25, -0.2) is 4.98 Å². The summed E-state index contributed by atoms with van der Waals surface area (Å²) in [7, 11) is 0. The molecule has 72 valence electrons. The number of carbonyl (C=O) groups is 1. The van der Waals surface area contributed by atoms with Crippen molar-refractivity contribution in [2.45, 2.75) is 13.5 Å². The van der Waals surface area contributed by atoms with Crippen molar-refractivity contribution in [2.24, 2.45) is 0 Å². The predicted molar refractivity (Wildman–Crippen MR) is 48.5 cm³/mol. The Labute approximate surface area is 80.4 Å². The van der Waals surface area contributed by atoms with Gasteiger partial charge in [0.25, 0.3) is 0 Å². The lowest BCUT2D eigenvalue weighted by Gasteiger charge is -1.98. The van der Waals surface area contributed by atoms with Crippen molar-refractivity contribution in [1.82, 2.24) is 14.4 Å². The van der Waals surface area contributed by atoms with E-state index in [4.69, 9.17) is 4.74 Å². The Balaban J connectivity index is 2.29. The zero-order chi connectivity index (χ0) is 9.97. The maximum absolute atomic E-state index is 10.6. The van der Waals surface area contributed by atoms with E-state index in [2.05, 4.69) is 9.97 Å². The monoisotopic (exact) mass is 191 g/mol. The van der Waals surface area contributed by atoms with Gasteiger partial charge in [-0.3, -0.25) is 9.78 Å². The lowest BCUT2D eigenvalue weighted by molar-refractivity contribution is -0.142. The van der Waals surface area contributed by atoms with E-state index in [1.807, 2.05) is 4.40 Å². The minimum Gasteiger partial charge on any atom is -0.459 e. The SMILES string of the molecule is CC(=O)OCc1ncn2ccncc12. The summed E-state index contributed by atoms with van der Waals surface area (Å²) in [6, 6.07) is 0. The van der Waals surface area contributed by atoms with E-state index in [1.165, 1.54) is 6.92 Å². The summed E-state index contributed by atoms with van der Waals surface area (Å²) in [6.45, 7) is 1.56. The van der Waals surface area contributed by atoms with Crippen LogP contribution in [-0.4, -0.2) is 20.3 Å². The number of imidazole rings is 1. The van der Waals surface area contributed by atoms with E-state index < -0.39 is 0 Å². The van der Waals surface area contributed by atoms with Gasteiger partial charge in [0.1, 0.15) is 12.3 Å². The lowest BCUT2D eigenvalue weighted by atomic mass is 10.4. The van der Waals surface area contributed by atoms with E-state index in [-0.39, 0.29) is 12.6 Å². The maximum Gasteiger partial charge on any atom is 0.303 e. The third kappa shape index (κ3) is 1.56. The van der Waals surface area contributed by atoms with Gasteiger partial charge in [-0.1, -0.05) is 0 Å². The number of esters is 1. The summed E-state index contributed by atoms with van der Waals surface area (Å²) in [5.74, 6) is -0.310. The van der Waals surface area contributed by atoms with Gasteiger partial charge >= 0.3 is 5.97 Å². The maximum atomic E-state index is 10.6. The van der Waals surface area contributed by atoms with E-state index >= 15 is 0 Å². The van der Waals surface area contributed by atoms with Gasteiger partial charge in [0.05, 0.1) is 18.0 Å². The van der Waals surface area contributed by atoms with Gasteiger partial charge in [0.2, 0.25) is 0 Å².